The number of hydrogen-bond acceptors (Lipinski definition) is 5. The van der Waals surface area contributed by atoms with Gasteiger partial charge in [-0.1, -0.05) is 55.5 Å². The Morgan fingerprint density at radius 3 is 1.44 bits per heavy atom. The highest BCUT2D eigenvalue weighted by Gasteiger charge is 2.36. The van der Waals surface area contributed by atoms with Crippen molar-refractivity contribution >= 4 is 27.9 Å². The summed E-state index contributed by atoms with van der Waals surface area (Å²) >= 11 is 3.33. The Morgan fingerprint density at radius 2 is 1.04 bits per heavy atom. The van der Waals surface area contributed by atoms with E-state index in [2.05, 4.69) is 76.0 Å². The maximum Gasteiger partial charge on any atom is 0.305 e. The Hall–Kier alpha value is -2.42. The van der Waals surface area contributed by atoms with E-state index < -0.39 is 5.97 Å². The number of unbranched alkanes of at least 4 members (excludes halogenated alkanes) is 14. The van der Waals surface area contributed by atoms with Gasteiger partial charge in [-0.15, -0.1) is 47.9 Å². The Morgan fingerprint density at radius 1 is 0.625 bits per heavy atom. The van der Waals surface area contributed by atoms with Crippen LogP contribution in [-0.2, 0) is 23.8 Å². The predicted molar refractivity (Wildman–Crippen MR) is 200 cm³/mol. The van der Waals surface area contributed by atoms with E-state index in [4.69, 9.17) is 21.0 Å². The van der Waals surface area contributed by atoms with E-state index in [0.717, 1.165) is 140 Å². The van der Waals surface area contributed by atoms with E-state index in [0.29, 0.717) is 37.3 Å². The molecule has 2 aliphatic rings. The molecule has 2 fully saturated rings. The Bertz CT molecular complexity index is 1040. The molecule has 1 N–H and O–H groups in total. The van der Waals surface area contributed by atoms with Crippen molar-refractivity contribution in [3.63, 3.8) is 0 Å². The zero-order chi connectivity index (χ0) is 35.5. The van der Waals surface area contributed by atoms with Gasteiger partial charge in [0, 0.05) is 63.1 Å². The number of alkyl halides is 1. The number of ether oxygens (including phenoxy) is 3. The lowest BCUT2D eigenvalue weighted by atomic mass is 10.1. The van der Waals surface area contributed by atoms with Crippen molar-refractivity contribution in [2.45, 2.75) is 186 Å². The number of methoxy groups -OCH3 is 1. The highest BCUT2D eigenvalue weighted by atomic mass is 79.9. The number of hydrogen-bond donors (Lipinski definition) is 1. The van der Waals surface area contributed by atoms with E-state index in [-0.39, 0.29) is 5.97 Å². The van der Waals surface area contributed by atoms with Crippen LogP contribution in [0.2, 0.25) is 0 Å². The second-order valence-electron chi connectivity index (χ2n) is 12.1. The molecule has 2 heterocycles. The summed E-state index contributed by atoms with van der Waals surface area (Å²) < 4.78 is 15.2. The van der Waals surface area contributed by atoms with Crippen LogP contribution in [0.15, 0.2) is 0 Å². The minimum atomic E-state index is -0.697. The summed E-state index contributed by atoms with van der Waals surface area (Å²) in [7, 11) is 1.44. The molecule has 0 amide bonds. The third-order valence-electron chi connectivity index (χ3n) is 7.84. The van der Waals surface area contributed by atoms with Crippen LogP contribution in [0.3, 0.4) is 0 Å². The molecule has 0 aromatic heterocycles. The van der Waals surface area contributed by atoms with Crippen LogP contribution < -0.4 is 0 Å². The van der Waals surface area contributed by atoms with Crippen LogP contribution in [0.4, 0.5) is 0 Å². The van der Waals surface area contributed by atoms with E-state index in [1.54, 1.807) is 0 Å². The monoisotopic (exact) mass is 730 g/mol. The number of esters is 1. The van der Waals surface area contributed by atoms with Gasteiger partial charge in [-0.2, -0.15) is 0 Å². The molecule has 4 atom stereocenters. The van der Waals surface area contributed by atoms with E-state index >= 15 is 0 Å². The van der Waals surface area contributed by atoms with E-state index in [9.17, 15) is 9.59 Å². The SMILES string of the molecule is C#CCCCCC#CCCCCCCC(=O)O.CCC1OC1CBr.CCC1OC1CC#CCCCCC#CCCCCCCC(=O)OC. The lowest BCUT2D eigenvalue weighted by Crippen LogP contribution is -1.98. The van der Waals surface area contributed by atoms with Gasteiger partial charge in [0.05, 0.1) is 31.5 Å². The minimum Gasteiger partial charge on any atom is -0.481 e. The first-order chi connectivity index (χ1) is 23.4. The average Bonchev–Trinajstić information content (AvgIpc) is 4.03. The number of carboxylic acid groups (broad SMARTS) is 1. The van der Waals surface area contributed by atoms with Gasteiger partial charge in [0.1, 0.15) is 0 Å². The number of carbonyl (C=O) groups is 2. The van der Waals surface area contributed by atoms with Gasteiger partial charge in [-0.05, 0) is 64.2 Å². The number of aliphatic carboxylic acids is 1. The Kier molecular flexibility index (Phi) is 32.7. The van der Waals surface area contributed by atoms with Crippen molar-refractivity contribution in [1.82, 2.24) is 0 Å². The molecule has 6 nitrogen and oxygen atoms in total. The lowest BCUT2D eigenvalue weighted by Gasteiger charge is -1.98. The van der Waals surface area contributed by atoms with Gasteiger partial charge in [0.15, 0.2) is 0 Å². The van der Waals surface area contributed by atoms with Gasteiger partial charge in [0.25, 0.3) is 0 Å². The molecular weight excluding hydrogens is 668 g/mol. The molecule has 7 heteroatoms. The topological polar surface area (TPSA) is 88.7 Å². The number of terminal acetylenes is 1. The predicted octanol–water partition coefficient (Wildman–Crippen LogP) is 9.80. The number of carbonyl (C=O) groups excluding carboxylic acids is 1. The summed E-state index contributed by atoms with van der Waals surface area (Å²) in [6.45, 7) is 4.30. The van der Waals surface area contributed by atoms with Gasteiger partial charge >= 0.3 is 11.9 Å². The number of rotatable bonds is 22. The van der Waals surface area contributed by atoms with Crippen molar-refractivity contribution in [3.8, 4) is 47.9 Å². The number of epoxide rings is 2. The van der Waals surface area contributed by atoms with Crippen molar-refractivity contribution in [2.24, 2.45) is 0 Å². The highest BCUT2D eigenvalue weighted by Crippen LogP contribution is 2.27. The number of halogens is 1. The summed E-state index contributed by atoms with van der Waals surface area (Å²) in [5.74, 6) is 21.0. The summed E-state index contributed by atoms with van der Waals surface area (Å²) in [6.07, 6.45) is 29.5. The molecule has 0 aromatic carbocycles. The standard InChI is InChI=1S/C21H32O3.C15H22O2.C5H9BrO/c1-3-19-20(24-19)17-15-13-11-9-7-5-4-6-8-10-12-14-16-18-21(22)23-2;1-2-3-4-5-6-7-8-9-10-11-12-13-14-15(16)17;1-2-4-5(3-6)7-4/h19-20H,3,5,7-12,14,16-18H2,1-2H3;1H,3-6,9-14H2,(H,16,17);4-5H,2-3H2,1H3. The first-order valence-electron chi connectivity index (χ1n) is 18.4. The first-order valence-corrected chi connectivity index (χ1v) is 19.5. The molecule has 48 heavy (non-hydrogen) atoms. The molecular formula is C41H63BrO6. The van der Waals surface area contributed by atoms with Gasteiger partial charge < -0.3 is 19.3 Å². The molecule has 0 bridgehead atoms. The lowest BCUT2D eigenvalue weighted by molar-refractivity contribution is -0.141. The fourth-order valence-electron chi connectivity index (χ4n) is 4.66. The smallest absolute Gasteiger partial charge is 0.305 e. The summed E-state index contributed by atoms with van der Waals surface area (Å²) in [5.41, 5.74) is 0. The van der Waals surface area contributed by atoms with Crippen LogP contribution >= 0.6 is 15.9 Å². The fourth-order valence-corrected chi connectivity index (χ4v) is 5.22. The van der Waals surface area contributed by atoms with Crippen LogP contribution in [-0.4, -0.2) is 53.9 Å². The summed E-state index contributed by atoms with van der Waals surface area (Å²) in [6, 6.07) is 0. The molecule has 2 aliphatic heterocycles. The molecule has 0 spiro atoms. The van der Waals surface area contributed by atoms with E-state index in [1.165, 1.54) is 7.11 Å². The second kappa shape index (κ2) is 34.4. The third-order valence-corrected chi connectivity index (χ3v) is 8.48. The Balaban J connectivity index is 0.000000793. The zero-order valence-electron chi connectivity index (χ0n) is 30.2. The minimum absolute atomic E-state index is 0.106. The molecule has 0 aliphatic carbocycles. The first kappa shape index (κ1) is 45.6. The maximum atomic E-state index is 10.9. The molecule has 0 aromatic rings. The normalized spacial score (nSPS) is 17.9. The quantitative estimate of drug-likeness (QED) is 0.0392. The highest BCUT2D eigenvalue weighted by molar-refractivity contribution is 9.09. The van der Waals surface area contributed by atoms with Crippen LogP contribution in [0.1, 0.15) is 162 Å². The molecule has 270 valence electrons. The molecule has 2 saturated heterocycles. The number of carboxylic acids is 1. The zero-order valence-corrected chi connectivity index (χ0v) is 31.8. The van der Waals surface area contributed by atoms with Gasteiger partial charge in [-0.3, -0.25) is 9.59 Å². The van der Waals surface area contributed by atoms with Crippen LogP contribution in [0, 0.1) is 47.9 Å². The van der Waals surface area contributed by atoms with E-state index in [1.807, 2.05) is 0 Å². The molecule has 0 saturated carbocycles. The van der Waals surface area contributed by atoms with Crippen molar-refractivity contribution in [3.05, 3.63) is 0 Å². The van der Waals surface area contributed by atoms with Crippen molar-refractivity contribution < 1.29 is 28.9 Å². The third kappa shape index (κ3) is 32.1. The second-order valence-corrected chi connectivity index (χ2v) is 12.7. The Labute approximate surface area is 302 Å². The summed E-state index contributed by atoms with van der Waals surface area (Å²) in [5, 5.41) is 9.45. The van der Waals surface area contributed by atoms with Crippen LogP contribution in [0.25, 0.3) is 0 Å². The molecule has 2 rings (SSSR count). The average molecular weight is 732 g/mol. The largest absolute Gasteiger partial charge is 0.481 e. The maximum absolute atomic E-state index is 10.9. The molecule has 4 unspecified atom stereocenters. The van der Waals surface area contributed by atoms with Gasteiger partial charge in [-0.25, -0.2) is 0 Å². The van der Waals surface area contributed by atoms with Gasteiger partial charge in [0.2, 0.25) is 0 Å². The summed E-state index contributed by atoms with van der Waals surface area (Å²) in [4.78, 5) is 21.2. The fraction of sp³-hybridized carbons (Fsp3) is 0.756. The van der Waals surface area contributed by atoms with Crippen molar-refractivity contribution in [2.75, 3.05) is 12.4 Å². The van der Waals surface area contributed by atoms with Crippen LogP contribution in [0.5, 0.6) is 0 Å². The molecule has 0 radical (unpaired) electrons. The van der Waals surface area contributed by atoms with Crippen molar-refractivity contribution in [1.29, 1.82) is 0 Å².